The van der Waals surface area contributed by atoms with Crippen LogP contribution in [-0.4, -0.2) is 21.2 Å². The molecule has 4 unspecified atom stereocenters. The van der Waals surface area contributed by atoms with Crippen LogP contribution < -0.4 is 10.6 Å². The van der Waals surface area contributed by atoms with Gasteiger partial charge in [0.05, 0.1) is 22.7 Å². The summed E-state index contributed by atoms with van der Waals surface area (Å²) in [4.78, 5) is 0. The molecule has 8 aromatic rings. The van der Waals surface area contributed by atoms with Crippen molar-refractivity contribution in [1.29, 1.82) is 0 Å². The smallest absolute Gasteiger partial charge is 0.0842 e. The van der Waals surface area contributed by atoms with Gasteiger partial charge in [0.15, 0.2) is 0 Å². The zero-order valence-electron chi connectivity index (χ0n) is 34.9. The molecule has 4 nitrogen and oxygen atoms in total. The van der Waals surface area contributed by atoms with E-state index in [0.717, 1.165) is 44.2 Å². The summed E-state index contributed by atoms with van der Waals surface area (Å²) in [5.41, 5.74) is 16.6. The molecular formula is C58H50N4. The number of allylic oxidation sites excluding steroid dienone is 7. The quantitative estimate of drug-likeness (QED) is 0.168. The minimum atomic E-state index is 0.0931. The summed E-state index contributed by atoms with van der Waals surface area (Å²) in [6.07, 6.45) is 27.3. The maximum atomic E-state index is 4.02. The third-order valence-corrected chi connectivity index (χ3v) is 13.9. The average molecular weight is 803 g/mol. The van der Waals surface area contributed by atoms with Crippen LogP contribution in [0.4, 0.5) is 0 Å². The van der Waals surface area contributed by atoms with Gasteiger partial charge in [0.25, 0.3) is 0 Å². The van der Waals surface area contributed by atoms with Crippen LogP contribution in [-0.2, 0) is 6.42 Å². The van der Waals surface area contributed by atoms with E-state index in [0.29, 0.717) is 18.0 Å². The van der Waals surface area contributed by atoms with Crippen molar-refractivity contribution in [2.75, 3.05) is 0 Å². The second-order valence-electron chi connectivity index (χ2n) is 17.5. The molecule has 4 atom stereocenters. The van der Waals surface area contributed by atoms with E-state index in [2.05, 4.69) is 214 Å². The minimum absolute atomic E-state index is 0.0931. The maximum absolute atomic E-state index is 4.02. The standard InChI is InChI=1S/C58H50N4/c1-4-15-41(16-5-1)52-38-53(42-17-6-2-7-18-42)60-58(59-52)43-29-27-39(28-30-43)44-33-36-56-51(37-44)49-22-11-12-25-54(49)61(56)46-34-31-40(32-35-46)47-23-14-24-50-48-21-10-13-26-55(48)62(57(47)50)45-19-8-3-9-20-45/h1-6,8-9,11-15,17,19-20,22-37,41,52-53,58-60H,7,10,16,18,21,38H2. The van der Waals surface area contributed by atoms with Gasteiger partial charge in [0.2, 0.25) is 0 Å². The summed E-state index contributed by atoms with van der Waals surface area (Å²) >= 11 is 0. The first-order valence-corrected chi connectivity index (χ1v) is 22.6. The van der Waals surface area contributed by atoms with Gasteiger partial charge in [0.1, 0.15) is 0 Å². The SMILES string of the molecule is C1=CCCC(C2CC(C3C=CC=CC3)NC(c3ccc(-c4ccc5c(c4)c4ccccc4n5-c4ccc(-c5cccc6c7c(n(-c8ccccc8)c56)C=CCC7)cc4)cc3)N2)=C1. The van der Waals surface area contributed by atoms with Crippen LogP contribution in [0, 0.1) is 5.92 Å². The molecule has 3 aliphatic carbocycles. The normalized spacial score (nSPS) is 20.9. The molecular weight excluding hydrogens is 753 g/mol. The third kappa shape index (κ3) is 6.45. The lowest BCUT2D eigenvalue weighted by Gasteiger charge is -2.42. The monoisotopic (exact) mass is 802 g/mol. The molecule has 302 valence electrons. The number of para-hydroxylation sites is 3. The highest BCUT2D eigenvalue weighted by atomic mass is 15.2. The van der Waals surface area contributed by atoms with E-state index in [1.54, 1.807) is 0 Å². The Labute approximate surface area is 363 Å². The average Bonchev–Trinajstić information content (AvgIpc) is 3.88. The molecule has 12 rings (SSSR count). The van der Waals surface area contributed by atoms with Gasteiger partial charge in [-0.3, -0.25) is 10.6 Å². The Balaban J connectivity index is 0.873. The van der Waals surface area contributed by atoms with Crippen molar-refractivity contribution in [2.24, 2.45) is 5.92 Å². The lowest BCUT2D eigenvalue weighted by molar-refractivity contribution is 0.225. The van der Waals surface area contributed by atoms with E-state index in [1.165, 1.54) is 83.0 Å². The van der Waals surface area contributed by atoms with Crippen LogP contribution >= 0.6 is 0 Å². The van der Waals surface area contributed by atoms with E-state index < -0.39 is 0 Å². The molecule has 2 aromatic heterocycles. The van der Waals surface area contributed by atoms with Crippen LogP contribution in [0.3, 0.4) is 0 Å². The van der Waals surface area contributed by atoms with Crippen molar-refractivity contribution in [2.45, 2.75) is 56.8 Å². The molecule has 1 aliphatic heterocycles. The van der Waals surface area contributed by atoms with Crippen LogP contribution in [0.5, 0.6) is 0 Å². The lowest BCUT2D eigenvalue weighted by atomic mass is 9.83. The lowest BCUT2D eigenvalue weighted by Crippen LogP contribution is -2.55. The van der Waals surface area contributed by atoms with Gasteiger partial charge in [-0.1, -0.05) is 151 Å². The Morgan fingerprint density at radius 3 is 2.16 bits per heavy atom. The third-order valence-electron chi connectivity index (χ3n) is 13.9. The van der Waals surface area contributed by atoms with Gasteiger partial charge in [-0.25, -0.2) is 0 Å². The molecule has 0 amide bonds. The van der Waals surface area contributed by atoms with E-state index in [9.17, 15) is 0 Å². The molecule has 2 N–H and O–H groups in total. The van der Waals surface area contributed by atoms with Gasteiger partial charge >= 0.3 is 0 Å². The molecule has 6 aromatic carbocycles. The first kappa shape index (κ1) is 37.1. The van der Waals surface area contributed by atoms with Gasteiger partial charge in [-0.2, -0.15) is 0 Å². The fourth-order valence-corrected chi connectivity index (χ4v) is 10.9. The molecule has 3 heterocycles. The van der Waals surface area contributed by atoms with Crippen molar-refractivity contribution >= 4 is 38.8 Å². The Hall–Kier alpha value is -6.72. The number of nitrogens with zero attached hydrogens (tertiary/aromatic N) is 2. The summed E-state index contributed by atoms with van der Waals surface area (Å²) in [6.45, 7) is 0. The molecule has 4 aliphatic rings. The van der Waals surface area contributed by atoms with Crippen molar-refractivity contribution in [3.8, 4) is 33.6 Å². The number of hydrogen-bond acceptors (Lipinski definition) is 2. The highest BCUT2D eigenvalue weighted by Crippen LogP contribution is 2.41. The van der Waals surface area contributed by atoms with Crippen molar-refractivity contribution < 1.29 is 0 Å². The van der Waals surface area contributed by atoms with Crippen LogP contribution in [0.15, 0.2) is 194 Å². The fourth-order valence-electron chi connectivity index (χ4n) is 10.9. The van der Waals surface area contributed by atoms with Gasteiger partial charge in [0, 0.05) is 50.9 Å². The highest BCUT2D eigenvalue weighted by Gasteiger charge is 2.34. The maximum Gasteiger partial charge on any atom is 0.0842 e. The Bertz CT molecular complexity index is 3130. The molecule has 62 heavy (non-hydrogen) atoms. The van der Waals surface area contributed by atoms with E-state index in [-0.39, 0.29) is 6.17 Å². The van der Waals surface area contributed by atoms with Crippen LogP contribution in [0.2, 0.25) is 0 Å². The Kier molecular flexibility index (Phi) is 9.35. The van der Waals surface area contributed by atoms with E-state index >= 15 is 0 Å². The number of hydrogen-bond donors (Lipinski definition) is 2. The predicted octanol–water partition coefficient (Wildman–Crippen LogP) is 13.7. The van der Waals surface area contributed by atoms with Gasteiger partial charge in [-0.05, 0) is 121 Å². The Morgan fingerprint density at radius 2 is 1.32 bits per heavy atom. The number of benzene rings is 6. The first-order chi connectivity index (χ1) is 30.7. The first-order valence-electron chi connectivity index (χ1n) is 22.6. The largest absolute Gasteiger partial charge is 0.309 e. The Morgan fingerprint density at radius 1 is 0.548 bits per heavy atom. The van der Waals surface area contributed by atoms with Crippen LogP contribution in [0.1, 0.15) is 55.1 Å². The van der Waals surface area contributed by atoms with Crippen LogP contribution in [0.25, 0.3) is 72.4 Å². The molecule has 4 heteroatoms. The number of aromatic nitrogens is 2. The molecule has 1 saturated heterocycles. The second kappa shape index (κ2) is 15.6. The summed E-state index contributed by atoms with van der Waals surface area (Å²) in [7, 11) is 0. The second-order valence-corrected chi connectivity index (χ2v) is 17.5. The van der Waals surface area contributed by atoms with Crippen molar-refractivity contribution in [1.82, 2.24) is 19.8 Å². The number of rotatable bonds is 7. The van der Waals surface area contributed by atoms with Gasteiger partial charge < -0.3 is 9.13 Å². The van der Waals surface area contributed by atoms with Gasteiger partial charge in [-0.15, -0.1) is 0 Å². The molecule has 0 bridgehead atoms. The molecule has 0 radical (unpaired) electrons. The van der Waals surface area contributed by atoms with Crippen molar-refractivity contribution in [3.63, 3.8) is 0 Å². The fraction of sp³-hybridized carbons (Fsp3) is 0.172. The highest BCUT2D eigenvalue weighted by molar-refractivity contribution is 6.10. The minimum Gasteiger partial charge on any atom is -0.309 e. The zero-order valence-corrected chi connectivity index (χ0v) is 34.9. The summed E-state index contributed by atoms with van der Waals surface area (Å²) in [5.74, 6) is 0.508. The van der Waals surface area contributed by atoms with Crippen molar-refractivity contribution in [3.05, 3.63) is 211 Å². The summed E-state index contributed by atoms with van der Waals surface area (Å²) in [6, 6.07) is 52.8. The molecule has 0 saturated carbocycles. The zero-order chi connectivity index (χ0) is 41.0. The molecule has 1 fully saturated rings. The van der Waals surface area contributed by atoms with E-state index in [1.807, 2.05) is 0 Å². The molecule has 0 spiro atoms. The summed E-state index contributed by atoms with van der Waals surface area (Å²) in [5, 5.41) is 11.9. The number of fused-ring (bicyclic) bond motifs is 6. The predicted molar refractivity (Wildman–Crippen MR) is 260 cm³/mol. The topological polar surface area (TPSA) is 33.9 Å². The van der Waals surface area contributed by atoms with E-state index in [4.69, 9.17) is 0 Å². The number of nitrogens with one attached hydrogen (secondary N) is 2. The number of aryl methyl sites for hydroxylation is 1. The summed E-state index contributed by atoms with van der Waals surface area (Å²) < 4.78 is 4.90.